The molecule has 1 N–H and O–H groups in total. The van der Waals surface area contributed by atoms with Gasteiger partial charge in [0.05, 0.1) is 6.04 Å². The summed E-state index contributed by atoms with van der Waals surface area (Å²) in [7, 11) is 0. The molecule has 0 aromatic carbocycles. The van der Waals surface area contributed by atoms with Crippen LogP contribution in [0.15, 0.2) is 17.8 Å². The molecule has 0 unspecified atom stereocenters. The van der Waals surface area contributed by atoms with Gasteiger partial charge in [-0.2, -0.15) is 0 Å². The molecular formula is C12H14N4OS. The van der Waals surface area contributed by atoms with Gasteiger partial charge in [0.25, 0.3) is 5.91 Å². The Morgan fingerprint density at radius 1 is 1.56 bits per heavy atom. The number of nitrogens with zero attached hydrogens (tertiary/aromatic N) is 3. The molecule has 3 rings (SSSR count). The van der Waals surface area contributed by atoms with Gasteiger partial charge in [0.1, 0.15) is 5.01 Å². The number of aromatic nitrogens is 3. The summed E-state index contributed by atoms with van der Waals surface area (Å²) in [6.45, 7) is 2.68. The topological polar surface area (TPSA) is 61.9 Å². The van der Waals surface area contributed by atoms with Crippen molar-refractivity contribution in [3.63, 3.8) is 0 Å². The van der Waals surface area contributed by atoms with E-state index in [1.54, 1.807) is 23.7 Å². The van der Waals surface area contributed by atoms with Gasteiger partial charge < -0.3 is 9.88 Å². The van der Waals surface area contributed by atoms with Crippen LogP contribution in [0.5, 0.6) is 0 Å². The average Bonchev–Trinajstić information content (AvgIpc) is 3.08. The first-order valence-electron chi connectivity index (χ1n) is 5.97. The number of nitrogens with one attached hydrogen (secondary N) is 1. The van der Waals surface area contributed by atoms with Gasteiger partial charge in [-0.15, -0.1) is 11.3 Å². The first kappa shape index (κ1) is 11.4. The number of hydrogen-bond donors (Lipinski definition) is 1. The number of H-pyrrole nitrogens is 1. The number of imidazole rings is 1. The summed E-state index contributed by atoms with van der Waals surface area (Å²) in [6, 6.07) is 0.114. The minimum atomic E-state index is -0.0270. The molecule has 1 aliphatic heterocycles. The summed E-state index contributed by atoms with van der Waals surface area (Å²) in [5, 5.41) is 2.97. The van der Waals surface area contributed by atoms with Crippen molar-refractivity contribution in [1.29, 1.82) is 0 Å². The van der Waals surface area contributed by atoms with Crippen LogP contribution in [0.4, 0.5) is 0 Å². The lowest BCUT2D eigenvalue weighted by atomic mass is 10.2. The zero-order chi connectivity index (χ0) is 12.5. The molecule has 0 radical (unpaired) electrons. The Kier molecular flexibility index (Phi) is 2.87. The quantitative estimate of drug-likeness (QED) is 0.902. The molecule has 2 aromatic rings. The van der Waals surface area contributed by atoms with Gasteiger partial charge in [-0.1, -0.05) is 0 Å². The Balaban J connectivity index is 1.85. The fraction of sp³-hybridized carbons (Fsp3) is 0.417. The maximum Gasteiger partial charge on any atom is 0.290 e. The highest BCUT2D eigenvalue weighted by molar-refractivity contribution is 7.09. The van der Waals surface area contributed by atoms with Crippen molar-refractivity contribution in [3.05, 3.63) is 34.3 Å². The summed E-state index contributed by atoms with van der Waals surface area (Å²) >= 11 is 1.61. The molecule has 0 aliphatic carbocycles. The van der Waals surface area contributed by atoms with Crippen LogP contribution in [0.3, 0.4) is 0 Å². The lowest BCUT2D eigenvalue weighted by Crippen LogP contribution is -2.31. The second kappa shape index (κ2) is 4.53. The number of hydrogen-bond acceptors (Lipinski definition) is 4. The SMILES string of the molecule is Cc1cnc(C(=O)N2CCC[C@H]2c2nccs2)[nH]1. The number of aromatic amines is 1. The van der Waals surface area contributed by atoms with E-state index >= 15 is 0 Å². The van der Waals surface area contributed by atoms with Crippen LogP contribution in [0.1, 0.15) is 40.2 Å². The molecule has 1 amide bonds. The van der Waals surface area contributed by atoms with Gasteiger partial charge in [-0.05, 0) is 19.8 Å². The highest BCUT2D eigenvalue weighted by Gasteiger charge is 2.33. The standard InChI is InChI=1S/C12H14N4OS/c1-8-7-14-10(15-8)12(17)16-5-2-3-9(16)11-13-4-6-18-11/h4,6-7,9H,2-3,5H2,1H3,(H,14,15)/t9-/m0/s1. The first-order valence-corrected chi connectivity index (χ1v) is 6.85. The molecule has 1 atom stereocenters. The van der Waals surface area contributed by atoms with Gasteiger partial charge in [0.15, 0.2) is 5.82 Å². The maximum absolute atomic E-state index is 12.4. The normalized spacial score (nSPS) is 19.4. The molecule has 0 saturated carbocycles. The van der Waals surface area contributed by atoms with Crippen LogP contribution in [-0.4, -0.2) is 32.3 Å². The van der Waals surface area contributed by atoms with Gasteiger partial charge in [0.2, 0.25) is 0 Å². The highest BCUT2D eigenvalue weighted by atomic mass is 32.1. The third kappa shape index (κ3) is 1.92. The Morgan fingerprint density at radius 2 is 2.44 bits per heavy atom. The molecule has 0 spiro atoms. The summed E-state index contributed by atoms with van der Waals surface area (Å²) in [5.41, 5.74) is 0.906. The third-order valence-corrected chi connectivity index (χ3v) is 4.03. The zero-order valence-electron chi connectivity index (χ0n) is 10.1. The van der Waals surface area contributed by atoms with E-state index in [9.17, 15) is 4.79 Å². The second-order valence-electron chi connectivity index (χ2n) is 4.44. The number of likely N-dealkylation sites (tertiary alicyclic amines) is 1. The molecule has 1 aliphatic rings. The second-order valence-corrected chi connectivity index (χ2v) is 5.37. The predicted molar refractivity (Wildman–Crippen MR) is 68.5 cm³/mol. The number of carbonyl (C=O) groups excluding carboxylic acids is 1. The number of amides is 1. The van der Waals surface area contributed by atoms with Crippen LogP contribution in [0, 0.1) is 6.92 Å². The van der Waals surface area contributed by atoms with E-state index in [1.807, 2.05) is 17.2 Å². The van der Waals surface area contributed by atoms with E-state index in [0.29, 0.717) is 5.82 Å². The fourth-order valence-corrected chi connectivity index (χ4v) is 3.11. The fourth-order valence-electron chi connectivity index (χ4n) is 2.32. The van der Waals surface area contributed by atoms with Crippen LogP contribution in [-0.2, 0) is 0 Å². The van der Waals surface area contributed by atoms with Crippen molar-refractivity contribution in [2.24, 2.45) is 0 Å². The van der Waals surface area contributed by atoms with Crippen molar-refractivity contribution in [1.82, 2.24) is 19.9 Å². The minimum Gasteiger partial charge on any atom is -0.338 e. The summed E-state index contributed by atoms with van der Waals surface area (Å²) < 4.78 is 0. The Morgan fingerprint density at radius 3 is 3.11 bits per heavy atom. The number of aryl methyl sites for hydroxylation is 1. The van der Waals surface area contributed by atoms with Gasteiger partial charge >= 0.3 is 0 Å². The molecule has 94 valence electrons. The van der Waals surface area contributed by atoms with Gasteiger partial charge in [-0.3, -0.25) is 4.79 Å². The van der Waals surface area contributed by atoms with E-state index in [2.05, 4.69) is 15.0 Å². The Labute approximate surface area is 109 Å². The van der Waals surface area contributed by atoms with Crippen molar-refractivity contribution in [2.45, 2.75) is 25.8 Å². The van der Waals surface area contributed by atoms with E-state index in [0.717, 1.165) is 30.1 Å². The maximum atomic E-state index is 12.4. The molecule has 6 heteroatoms. The molecule has 5 nitrogen and oxygen atoms in total. The zero-order valence-corrected chi connectivity index (χ0v) is 10.9. The highest BCUT2D eigenvalue weighted by Crippen LogP contribution is 2.33. The smallest absolute Gasteiger partial charge is 0.290 e. The summed E-state index contributed by atoms with van der Waals surface area (Å²) in [6.07, 6.45) is 5.48. The lowest BCUT2D eigenvalue weighted by Gasteiger charge is -2.21. The van der Waals surface area contributed by atoms with Crippen molar-refractivity contribution < 1.29 is 4.79 Å². The summed E-state index contributed by atoms with van der Waals surface area (Å²) in [4.78, 5) is 25.7. The van der Waals surface area contributed by atoms with E-state index in [-0.39, 0.29) is 11.9 Å². The summed E-state index contributed by atoms with van der Waals surface area (Å²) in [5.74, 6) is 0.400. The number of thiazole rings is 1. The number of carbonyl (C=O) groups is 1. The molecule has 1 saturated heterocycles. The van der Waals surface area contributed by atoms with Crippen molar-refractivity contribution in [3.8, 4) is 0 Å². The predicted octanol–water partition coefficient (Wildman–Crippen LogP) is 2.15. The van der Waals surface area contributed by atoms with Crippen LogP contribution < -0.4 is 0 Å². The van der Waals surface area contributed by atoms with Crippen LogP contribution in [0.2, 0.25) is 0 Å². The molecular weight excluding hydrogens is 248 g/mol. The third-order valence-electron chi connectivity index (χ3n) is 3.16. The molecule has 3 heterocycles. The van der Waals surface area contributed by atoms with E-state index in [4.69, 9.17) is 0 Å². The van der Waals surface area contributed by atoms with E-state index < -0.39 is 0 Å². The Hall–Kier alpha value is -1.69. The molecule has 1 fully saturated rings. The molecule has 2 aromatic heterocycles. The van der Waals surface area contributed by atoms with Crippen LogP contribution in [0.25, 0.3) is 0 Å². The monoisotopic (exact) mass is 262 g/mol. The molecule has 18 heavy (non-hydrogen) atoms. The largest absolute Gasteiger partial charge is 0.338 e. The number of rotatable bonds is 2. The van der Waals surface area contributed by atoms with Crippen LogP contribution >= 0.6 is 11.3 Å². The minimum absolute atomic E-state index is 0.0270. The lowest BCUT2D eigenvalue weighted by molar-refractivity contribution is 0.0724. The van der Waals surface area contributed by atoms with Gasteiger partial charge in [-0.25, -0.2) is 9.97 Å². The van der Waals surface area contributed by atoms with Gasteiger partial charge in [0, 0.05) is 30.0 Å². The molecule has 0 bridgehead atoms. The van der Waals surface area contributed by atoms with Crippen molar-refractivity contribution in [2.75, 3.05) is 6.54 Å². The Bertz CT molecular complexity index is 548. The van der Waals surface area contributed by atoms with Crippen molar-refractivity contribution >= 4 is 17.2 Å². The average molecular weight is 262 g/mol. The van der Waals surface area contributed by atoms with E-state index in [1.165, 1.54) is 0 Å². The first-order chi connectivity index (χ1) is 8.75.